The molecule has 1 aliphatic carbocycles. The molecule has 1 unspecified atom stereocenters. The summed E-state index contributed by atoms with van der Waals surface area (Å²) in [6.07, 6.45) is 6.78. The average Bonchev–Trinajstić information content (AvgIpc) is 2.46. The van der Waals surface area contributed by atoms with Crippen LogP contribution in [0.2, 0.25) is 0 Å². The van der Waals surface area contributed by atoms with Gasteiger partial charge in [-0.3, -0.25) is 0 Å². The number of benzene rings is 1. The molecular formula is C16H22N2O. The van der Waals surface area contributed by atoms with E-state index in [4.69, 9.17) is 10.00 Å². The number of nitrogens with one attached hydrogen (secondary N) is 1. The van der Waals surface area contributed by atoms with Gasteiger partial charge in [-0.15, -0.1) is 0 Å². The van der Waals surface area contributed by atoms with Crippen molar-refractivity contribution in [2.45, 2.75) is 45.1 Å². The van der Waals surface area contributed by atoms with Crippen molar-refractivity contribution in [3.8, 4) is 11.8 Å². The van der Waals surface area contributed by atoms with E-state index in [0.717, 1.165) is 17.4 Å². The Bertz CT molecular complexity index is 433. The summed E-state index contributed by atoms with van der Waals surface area (Å²) in [5.41, 5.74) is 1.08. The fraction of sp³-hybridized carbons (Fsp3) is 0.562. The molecule has 0 saturated heterocycles. The second-order valence-corrected chi connectivity index (χ2v) is 5.31. The Morgan fingerprint density at radius 2 is 2.16 bits per heavy atom. The van der Waals surface area contributed by atoms with Crippen LogP contribution in [0.4, 0.5) is 5.69 Å². The normalized spacial score (nSPS) is 17.5. The van der Waals surface area contributed by atoms with E-state index in [2.05, 4.69) is 18.3 Å². The van der Waals surface area contributed by atoms with Gasteiger partial charge in [0, 0.05) is 17.8 Å². The third kappa shape index (κ3) is 4.17. The van der Waals surface area contributed by atoms with Crippen molar-refractivity contribution in [1.29, 1.82) is 5.26 Å². The molecule has 102 valence electrons. The number of nitrogens with zero attached hydrogens (tertiary/aromatic N) is 1. The first-order valence-corrected chi connectivity index (χ1v) is 7.16. The van der Waals surface area contributed by atoms with Gasteiger partial charge in [0.1, 0.15) is 11.8 Å². The van der Waals surface area contributed by atoms with Crippen LogP contribution in [0.5, 0.6) is 5.75 Å². The van der Waals surface area contributed by atoms with E-state index in [-0.39, 0.29) is 6.61 Å². The lowest BCUT2D eigenvalue weighted by Gasteiger charge is -2.29. The molecule has 0 amide bonds. The summed E-state index contributed by atoms with van der Waals surface area (Å²) >= 11 is 0. The van der Waals surface area contributed by atoms with Crippen molar-refractivity contribution < 1.29 is 4.74 Å². The van der Waals surface area contributed by atoms with Gasteiger partial charge in [0.15, 0.2) is 6.61 Å². The summed E-state index contributed by atoms with van der Waals surface area (Å²) in [6.45, 7) is 2.36. The Kier molecular flexibility index (Phi) is 5.09. The zero-order valence-corrected chi connectivity index (χ0v) is 11.6. The molecule has 0 aliphatic heterocycles. The zero-order valence-electron chi connectivity index (χ0n) is 11.6. The Labute approximate surface area is 115 Å². The van der Waals surface area contributed by atoms with Crippen LogP contribution in [-0.2, 0) is 0 Å². The van der Waals surface area contributed by atoms with E-state index in [9.17, 15) is 0 Å². The van der Waals surface area contributed by atoms with Gasteiger partial charge < -0.3 is 10.1 Å². The molecule has 0 heterocycles. The maximum atomic E-state index is 8.52. The highest BCUT2D eigenvalue weighted by atomic mass is 16.5. The first kappa shape index (κ1) is 13.7. The van der Waals surface area contributed by atoms with E-state index in [1.165, 1.54) is 32.1 Å². The van der Waals surface area contributed by atoms with Crippen molar-refractivity contribution in [3.05, 3.63) is 24.3 Å². The molecule has 0 aromatic heterocycles. The number of anilines is 1. The van der Waals surface area contributed by atoms with Crippen LogP contribution in [0.25, 0.3) is 0 Å². The second kappa shape index (κ2) is 7.04. The Balaban J connectivity index is 1.92. The molecule has 1 aliphatic rings. The van der Waals surface area contributed by atoms with Gasteiger partial charge in [-0.05, 0) is 37.8 Å². The first-order chi connectivity index (χ1) is 9.29. The van der Waals surface area contributed by atoms with Crippen LogP contribution in [0, 0.1) is 17.2 Å². The summed E-state index contributed by atoms with van der Waals surface area (Å²) in [7, 11) is 0. The molecular weight excluding hydrogens is 236 g/mol. The lowest BCUT2D eigenvalue weighted by molar-refractivity contribution is 0.328. The third-order valence-corrected chi connectivity index (χ3v) is 3.89. The van der Waals surface area contributed by atoms with Crippen LogP contribution in [0.15, 0.2) is 24.3 Å². The molecule has 1 atom stereocenters. The van der Waals surface area contributed by atoms with Crippen LogP contribution < -0.4 is 10.1 Å². The maximum Gasteiger partial charge on any atom is 0.174 e. The second-order valence-electron chi connectivity index (χ2n) is 5.31. The first-order valence-electron chi connectivity index (χ1n) is 7.16. The topological polar surface area (TPSA) is 45.0 Å². The van der Waals surface area contributed by atoms with Gasteiger partial charge in [0.25, 0.3) is 0 Å². The van der Waals surface area contributed by atoms with Gasteiger partial charge in [-0.1, -0.05) is 25.3 Å². The maximum absolute atomic E-state index is 8.52. The SMILES string of the molecule is CC(Nc1cccc(OCC#N)c1)C1CCCCC1. The van der Waals surface area contributed by atoms with Crippen molar-refractivity contribution in [1.82, 2.24) is 0 Å². The minimum Gasteiger partial charge on any atom is -0.479 e. The third-order valence-electron chi connectivity index (χ3n) is 3.89. The van der Waals surface area contributed by atoms with Crippen molar-refractivity contribution >= 4 is 5.69 Å². The van der Waals surface area contributed by atoms with Crippen molar-refractivity contribution in [2.24, 2.45) is 5.92 Å². The molecule has 0 radical (unpaired) electrons. The molecule has 1 fully saturated rings. The molecule has 1 N–H and O–H groups in total. The van der Waals surface area contributed by atoms with E-state index in [1.54, 1.807) is 0 Å². The zero-order chi connectivity index (χ0) is 13.5. The predicted octanol–water partition coefficient (Wildman–Crippen LogP) is 3.97. The quantitative estimate of drug-likeness (QED) is 0.869. The predicted molar refractivity (Wildman–Crippen MR) is 77.2 cm³/mol. The smallest absolute Gasteiger partial charge is 0.174 e. The summed E-state index contributed by atoms with van der Waals surface area (Å²) in [5, 5.41) is 12.1. The monoisotopic (exact) mass is 258 g/mol. The Morgan fingerprint density at radius 3 is 2.89 bits per heavy atom. The van der Waals surface area contributed by atoms with Crippen LogP contribution in [0.3, 0.4) is 0 Å². The number of rotatable bonds is 5. The molecule has 3 heteroatoms. The lowest BCUT2D eigenvalue weighted by Crippen LogP contribution is -2.27. The van der Waals surface area contributed by atoms with Gasteiger partial charge in [0.05, 0.1) is 0 Å². The van der Waals surface area contributed by atoms with Crippen molar-refractivity contribution in [3.63, 3.8) is 0 Å². The molecule has 1 aromatic rings. The summed E-state index contributed by atoms with van der Waals surface area (Å²) < 4.78 is 5.32. The summed E-state index contributed by atoms with van der Waals surface area (Å²) in [4.78, 5) is 0. The van der Waals surface area contributed by atoms with Gasteiger partial charge in [0.2, 0.25) is 0 Å². The highest BCUT2D eigenvalue weighted by molar-refractivity contribution is 5.48. The number of nitriles is 1. The number of hydrogen-bond acceptors (Lipinski definition) is 3. The largest absolute Gasteiger partial charge is 0.479 e. The van der Waals surface area contributed by atoms with Gasteiger partial charge in [-0.2, -0.15) is 5.26 Å². The molecule has 1 aromatic carbocycles. The molecule has 3 nitrogen and oxygen atoms in total. The standard InChI is InChI=1S/C16H22N2O/c1-13(14-6-3-2-4-7-14)18-15-8-5-9-16(12-15)19-11-10-17/h5,8-9,12-14,18H,2-4,6-7,11H2,1H3. The van der Waals surface area contributed by atoms with Crippen molar-refractivity contribution in [2.75, 3.05) is 11.9 Å². The highest BCUT2D eigenvalue weighted by Gasteiger charge is 2.19. The molecule has 1 saturated carbocycles. The fourth-order valence-electron chi connectivity index (χ4n) is 2.81. The highest BCUT2D eigenvalue weighted by Crippen LogP contribution is 2.28. The van der Waals surface area contributed by atoms with E-state index in [1.807, 2.05) is 24.3 Å². The van der Waals surface area contributed by atoms with E-state index >= 15 is 0 Å². The Hall–Kier alpha value is -1.69. The minimum absolute atomic E-state index is 0.0988. The van der Waals surface area contributed by atoms with Crippen LogP contribution in [0.1, 0.15) is 39.0 Å². The molecule has 19 heavy (non-hydrogen) atoms. The molecule has 2 rings (SSSR count). The fourth-order valence-corrected chi connectivity index (χ4v) is 2.81. The van der Waals surface area contributed by atoms with Gasteiger partial charge in [-0.25, -0.2) is 0 Å². The summed E-state index contributed by atoms with van der Waals surface area (Å²) in [5.74, 6) is 1.53. The molecule has 0 spiro atoms. The number of hydrogen-bond donors (Lipinski definition) is 1. The van der Waals surface area contributed by atoms with E-state index < -0.39 is 0 Å². The average molecular weight is 258 g/mol. The van der Waals surface area contributed by atoms with E-state index in [0.29, 0.717) is 6.04 Å². The molecule has 0 bridgehead atoms. The van der Waals surface area contributed by atoms with Crippen LogP contribution >= 0.6 is 0 Å². The lowest BCUT2D eigenvalue weighted by atomic mass is 9.84. The van der Waals surface area contributed by atoms with Gasteiger partial charge >= 0.3 is 0 Å². The Morgan fingerprint density at radius 1 is 1.37 bits per heavy atom. The minimum atomic E-state index is 0.0988. The van der Waals surface area contributed by atoms with Crippen LogP contribution in [-0.4, -0.2) is 12.6 Å². The summed E-state index contributed by atoms with van der Waals surface area (Å²) in [6, 6.07) is 10.3. The number of ether oxygens (including phenoxy) is 1.